The number of carbonyl (C=O) groups excluding carboxylic acids is 1. The molecule has 7 heteroatoms. The van der Waals surface area contributed by atoms with Gasteiger partial charge in [-0.1, -0.05) is 43.7 Å². The zero-order valence-corrected chi connectivity index (χ0v) is 17.0. The van der Waals surface area contributed by atoms with Gasteiger partial charge in [0.05, 0.1) is 23.7 Å². The summed E-state index contributed by atoms with van der Waals surface area (Å²) in [5.74, 6) is 0.284. The number of sulfonamides is 1. The van der Waals surface area contributed by atoms with Gasteiger partial charge in [0.15, 0.2) is 0 Å². The van der Waals surface area contributed by atoms with Gasteiger partial charge in [-0.15, -0.1) is 0 Å². The zero-order valence-electron chi connectivity index (χ0n) is 16.2. The summed E-state index contributed by atoms with van der Waals surface area (Å²) in [5.41, 5.74) is 1.45. The molecular weight excluding hydrogens is 388 g/mol. The van der Waals surface area contributed by atoms with Crippen molar-refractivity contribution in [1.29, 1.82) is 0 Å². The van der Waals surface area contributed by atoms with E-state index < -0.39 is 10.0 Å². The van der Waals surface area contributed by atoms with Crippen LogP contribution in [0.2, 0.25) is 0 Å². The van der Waals surface area contributed by atoms with E-state index in [-0.39, 0.29) is 23.4 Å². The highest BCUT2D eigenvalue weighted by Gasteiger charge is 2.18. The molecule has 0 fully saturated rings. The van der Waals surface area contributed by atoms with Crippen molar-refractivity contribution in [2.24, 2.45) is 0 Å². The van der Waals surface area contributed by atoms with E-state index in [1.807, 2.05) is 30.3 Å². The molecule has 1 amide bonds. The van der Waals surface area contributed by atoms with Crippen LogP contribution in [0.25, 0.3) is 0 Å². The summed E-state index contributed by atoms with van der Waals surface area (Å²) in [5, 5.41) is 3.04. The lowest BCUT2D eigenvalue weighted by Crippen LogP contribution is -2.28. The van der Waals surface area contributed by atoms with Crippen LogP contribution in [-0.4, -0.2) is 14.3 Å². The van der Waals surface area contributed by atoms with Gasteiger partial charge in [-0.3, -0.25) is 4.79 Å². The van der Waals surface area contributed by atoms with E-state index in [2.05, 4.69) is 17.0 Å². The average Bonchev–Trinajstić information content (AvgIpc) is 3.26. The highest BCUT2D eigenvalue weighted by Crippen LogP contribution is 2.19. The Morgan fingerprint density at radius 2 is 1.72 bits per heavy atom. The van der Waals surface area contributed by atoms with Crippen LogP contribution in [0.4, 0.5) is 0 Å². The van der Waals surface area contributed by atoms with Crippen LogP contribution in [0.15, 0.2) is 82.3 Å². The van der Waals surface area contributed by atoms with Crippen molar-refractivity contribution in [2.75, 3.05) is 0 Å². The molecule has 0 unspecified atom stereocenters. The zero-order chi connectivity index (χ0) is 20.7. The van der Waals surface area contributed by atoms with Crippen molar-refractivity contribution in [2.45, 2.75) is 37.2 Å². The van der Waals surface area contributed by atoms with E-state index >= 15 is 0 Å². The average molecular weight is 413 g/mol. The van der Waals surface area contributed by atoms with Gasteiger partial charge >= 0.3 is 0 Å². The molecule has 1 atom stereocenters. The largest absolute Gasteiger partial charge is 0.468 e. The van der Waals surface area contributed by atoms with Gasteiger partial charge in [-0.05, 0) is 48.4 Å². The van der Waals surface area contributed by atoms with E-state index in [0.717, 1.165) is 18.4 Å². The van der Waals surface area contributed by atoms with E-state index in [4.69, 9.17) is 4.42 Å². The number of amides is 1. The molecule has 0 spiro atoms. The fraction of sp³-hybridized carbons (Fsp3) is 0.227. The second-order valence-electron chi connectivity index (χ2n) is 6.65. The fourth-order valence-electron chi connectivity index (χ4n) is 2.99. The second kappa shape index (κ2) is 9.54. The molecule has 152 valence electrons. The quantitative estimate of drug-likeness (QED) is 0.555. The molecule has 0 aliphatic rings. The normalized spacial score (nSPS) is 12.4. The minimum Gasteiger partial charge on any atom is -0.468 e. The SMILES string of the molecule is CCC[C@@H](NC(=O)c1ccc(S(=O)(=O)NCc2ccco2)cc1)c1ccccc1. The molecule has 0 aliphatic heterocycles. The van der Waals surface area contributed by atoms with Crippen LogP contribution in [0.5, 0.6) is 0 Å². The fourth-order valence-corrected chi connectivity index (χ4v) is 3.98. The minimum atomic E-state index is -3.70. The lowest BCUT2D eigenvalue weighted by molar-refractivity contribution is 0.0934. The summed E-state index contributed by atoms with van der Waals surface area (Å²) in [6, 6.07) is 19.0. The monoisotopic (exact) mass is 412 g/mol. The van der Waals surface area contributed by atoms with Crippen LogP contribution < -0.4 is 10.0 Å². The van der Waals surface area contributed by atoms with E-state index in [1.165, 1.54) is 30.5 Å². The topological polar surface area (TPSA) is 88.4 Å². The summed E-state index contributed by atoms with van der Waals surface area (Å²) >= 11 is 0. The van der Waals surface area contributed by atoms with Crippen LogP contribution in [0, 0.1) is 0 Å². The smallest absolute Gasteiger partial charge is 0.251 e. The first-order chi connectivity index (χ1) is 14.0. The molecule has 2 aromatic carbocycles. The third kappa shape index (κ3) is 5.56. The first kappa shape index (κ1) is 20.8. The maximum absolute atomic E-state index is 12.7. The summed E-state index contributed by atoms with van der Waals surface area (Å²) in [6.45, 7) is 2.13. The lowest BCUT2D eigenvalue weighted by atomic mass is 10.0. The van der Waals surface area contributed by atoms with Gasteiger partial charge in [0.1, 0.15) is 5.76 Å². The molecule has 1 heterocycles. The lowest BCUT2D eigenvalue weighted by Gasteiger charge is -2.18. The number of rotatable bonds is 9. The highest BCUT2D eigenvalue weighted by atomic mass is 32.2. The van der Waals surface area contributed by atoms with Gasteiger partial charge < -0.3 is 9.73 Å². The molecule has 0 saturated carbocycles. The molecule has 2 N–H and O–H groups in total. The Morgan fingerprint density at radius 3 is 2.34 bits per heavy atom. The van der Waals surface area contributed by atoms with E-state index in [1.54, 1.807) is 12.1 Å². The van der Waals surface area contributed by atoms with Crippen molar-refractivity contribution < 1.29 is 17.6 Å². The molecule has 3 rings (SSSR count). The summed E-state index contributed by atoms with van der Waals surface area (Å²) in [6.07, 6.45) is 3.23. The van der Waals surface area contributed by atoms with Crippen molar-refractivity contribution in [1.82, 2.24) is 10.0 Å². The molecular formula is C22H24N2O4S. The number of benzene rings is 2. The molecule has 0 saturated heterocycles. The number of furan rings is 1. The summed E-state index contributed by atoms with van der Waals surface area (Å²) < 4.78 is 32.4. The Hall–Kier alpha value is -2.90. The Kier molecular flexibility index (Phi) is 6.85. The van der Waals surface area contributed by atoms with Crippen LogP contribution >= 0.6 is 0 Å². The van der Waals surface area contributed by atoms with E-state index in [9.17, 15) is 13.2 Å². The predicted octanol–water partition coefficient (Wildman–Crippen LogP) is 4.03. The molecule has 29 heavy (non-hydrogen) atoms. The Bertz CT molecular complexity index is 1010. The van der Waals surface area contributed by atoms with Crippen LogP contribution in [-0.2, 0) is 16.6 Å². The third-order valence-electron chi connectivity index (χ3n) is 4.53. The minimum absolute atomic E-state index is 0.0628. The molecule has 0 bridgehead atoms. The number of carbonyl (C=O) groups is 1. The number of hydrogen-bond acceptors (Lipinski definition) is 4. The van der Waals surface area contributed by atoms with Gasteiger partial charge in [-0.2, -0.15) is 0 Å². The standard InChI is InChI=1S/C22H24N2O4S/c1-2-7-21(17-8-4-3-5-9-17)24-22(25)18-11-13-20(14-12-18)29(26,27)23-16-19-10-6-15-28-19/h3-6,8-15,21,23H,2,7,16H2,1H3,(H,24,25)/t21-/m1/s1. The first-order valence-corrected chi connectivity index (χ1v) is 11.0. The van der Waals surface area contributed by atoms with Crippen LogP contribution in [0.1, 0.15) is 47.5 Å². The molecule has 6 nitrogen and oxygen atoms in total. The first-order valence-electron chi connectivity index (χ1n) is 9.47. The Balaban J connectivity index is 1.67. The van der Waals surface area contributed by atoms with Crippen molar-refractivity contribution in [3.05, 3.63) is 89.9 Å². The molecule has 3 aromatic rings. The molecule has 0 aliphatic carbocycles. The van der Waals surface area contributed by atoms with Gasteiger partial charge in [-0.25, -0.2) is 13.1 Å². The van der Waals surface area contributed by atoms with Crippen molar-refractivity contribution in [3.8, 4) is 0 Å². The molecule has 0 radical (unpaired) electrons. The number of hydrogen-bond donors (Lipinski definition) is 2. The number of nitrogens with one attached hydrogen (secondary N) is 2. The van der Waals surface area contributed by atoms with E-state index in [0.29, 0.717) is 11.3 Å². The maximum Gasteiger partial charge on any atom is 0.251 e. The van der Waals surface area contributed by atoms with Gasteiger partial charge in [0.2, 0.25) is 10.0 Å². The third-order valence-corrected chi connectivity index (χ3v) is 5.95. The maximum atomic E-state index is 12.7. The Labute approximate surface area is 171 Å². The van der Waals surface area contributed by atoms with Gasteiger partial charge in [0.25, 0.3) is 5.91 Å². The predicted molar refractivity (Wildman–Crippen MR) is 111 cm³/mol. The van der Waals surface area contributed by atoms with Crippen molar-refractivity contribution >= 4 is 15.9 Å². The second-order valence-corrected chi connectivity index (χ2v) is 8.42. The van der Waals surface area contributed by atoms with Crippen molar-refractivity contribution in [3.63, 3.8) is 0 Å². The summed E-state index contributed by atoms with van der Waals surface area (Å²) in [7, 11) is -3.70. The van der Waals surface area contributed by atoms with Crippen LogP contribution in [0.3, 0.4) is 0 Å². The highest BCUT2D eigenvalue weighted by molar-refractivity contribution is 7.89. The molecule has 1 aromatic heterocycles. The summed E-state index contributed by atoms with van der Waals surface area (Å²) in [4.78, 5) is 12.7. The Morgan fingerprint density at radius 1 is 1.00 bits per heavy atom. The van der Waals surface area contributed by atoms with Gasteiger partial charge in [0, 0.05) is 5.56 Å².